The lowest BCUT2D eigenvalue weighted by Gasteiger charge is -2.26. The van der Waals surface area contributed by atoms with Gasteiger partial charge in [0.05, 0.1) is 0 Å². The minimum absolute atomic E-state index is 0.640. The van der Waals surface area contributed by atoms with Gasteiger partial charge in [-0.2, -0.15) is 0 Å². The van der Waals surface area contributed by atoms with Crippen LogP contribution in [0, 0.1) is 5.92 Å². The van der Waals surface area contributed by atoms with E-state index in [1.54, 1.807) is 0 Å². The van der Waals surface area contributed by atoms with Crippen molar-refractivity contribution in [2.24, 2.45) is 5.92 Å². The predicted molar refractivity (Wildman–Crippen MR) is 53.5 cm³/mol. The predicted octanol–water partition coefficient (Wildman–Crippen LogP) is 2.81. The Hall–Kier alpha value is -0.340. The lowest BCUT2D eigenvalue weighted by atomic mass is 9.96. The van der Waals surface area contributed by atoms with Crippen LogP contribution in [-0.2, 0) is 0 Å². The third-order valence-electron chi connectivity index (χ3n) is 2.55. The normalized spacial score (nSPS) is 30.4. The molecule has 0 amide bonds. The number of piperidine rings is 1. The maximum atomic E-state index is 3.58. The number of hydrogen-bond acceptors (Lipinski definition) is 2. The van der Waals surface area contributed by atoms with Crippen LogP contribution in [0.1, 0.15) is 30.7 Å². The van der Waals surface area contributed by atoms with E-state index in [0.717, 1.165) is 5.92 Å². The molecule has 0 aliphatic carbocycles. The van der Waals surface area contributed by atoms with Crippen LogP contribution in [0.2, 0.25) is 0 Å². The topological polar surface area (TPSA) is 12.0 Å². The Morgan fingerprint density at radius 2 is 2.42 bits per heavy atom. The number of hydrogen-bond donors (Lipinski definition) is 1. The molecule has 1 aromatic rings. The number of nitrogens with one attached hydrogen (secondary N) is 1. The van der Waals surface area contributed by atoms with Crippen molar-refractivity contribution in [2.75, 3.05) is 6.54 Å². The average molecular weight is 181 g/mol. The first kappa shape index (κ1) is 8.27. The molecule has 2 unspecified atom stereocenters. The van der Waals surface area contributed by atoms with E-state index in [1.165, 1.54) is 24.3 Å². The Morgan fingerprint density at radius 3 is 3.00 bits per heavy atom. The second-order valence-electron chi connectivity index (χ2n) is 3.66. The zero-order valence-corrected chi connectivity index (χ0v) is 8.23. The minimum Gasteiger partial charge on any atom is -0.309 e. The van der Waals surface area contributed by atoms with Gasteiger partial charge in [-0.25, -0.2) is 0 Å². The first-order valence-electron chi connectivity index (χ1n) is 4.63. The molecular weight excluding hydrogens is 166 g/mol. The summed E-state index contributed by atoms with van der Waals surface area (Å²) in [5.41, 5.74) is 0. The molecule has 2 atom stereocenters. The standard InChI is InChI=1S/C10H15NS/c1-8-4-5-9(11-7-8)10-3-2-6-12-10/h2-3,6,8-9,11H,4-5,7H2,1H3. The van der Waals surface area contributed by atoms with Crippen molar-refractivity contribution >= 4 is 11.3 Å². The molecule has 1 aromatic heterocycles. The fourth-order valence-corrected chi connectivity index (χ4v) is 2.57. The molecule has 0 aromatic carbocycles. The van der Waals surface area contributed by atoms with Crippen LogP contribution in [0.3, 0.4) is 0 Å². The Morgan fingerprint density at radius 1 is 1.50 bits per heavy atom. The molecule has 1 N–H and O–H groups in total. The summed E-state index contributed by atoms with van der Waals surface area (Å²) < 4.78 is 0. The minimum atomic E-state index is 0.640. The Balaban J connectivity index is 1.99. The molecule has 1 nitrogen and oxygen atoms in total. The van der Waals surface area contributed by atoms with E-state index in [4.69, 9.17) is 0 Å². The van der Waals surface area contributed by atoms with Gasteiger partial charge in [-0.15, -0.1) is 11.3 Å². The third-order valence-corrected chi connectivity index (χ3v) is 3.53. The van der Waals surface area contributed by atoms with Gasteiger partial charge in [0.25, 0.3) is 0 Å². The maximum Gasteiger partial charge on any atom is 0.0414 e. The zero-order valence-electron chi connectivity index (χ0n) is 7.42. The molecule has 1 fully saturated rings. The lowest BCUT2D eigenvalue weighted by Crippen LogP contribution is -2.31. The van der Waals surface area contributed by atoms with E-state index in [2.05, 4.69) is 29.8 Å². The summed E-state index contributed by atoms with van der Waals surface area (Å²) in [6.07, 6.45) is 2.68. The first-order chi connectivity index (χ1) is 5.86. The molecular formula is C10H15NS. The highest BCUT2D eigenvalue weighted by Gasteiger charge is 2.18. The van der Waals surface area contributed by atoms with Gasteiger partial charge in [0.2, 0.25) is 0 Å². The molecule has 2 heterocycles. The van der Waals surface area contributed by atoms with Crippen LogP contribution in [0.15, 0.2) is 17.5 Å². The molecule has 0 bridgehead atoms. The van der Waals surface area contributed by atoms with Crippen molar-refractivity contribution in [3.05, 3.63) is 22.4 Å². The maximum absolute atomic E-state index is 3.58. The summed E-state index contributed by atoms with van der Waals surface area (Å²) in [4.78, 5) is 1.50. The highest BCUT2D eigenvalue weighted by Crippen LogP contribution is 2.28. The van der Waals surface area contributed by atoms with E-state index >= 15 is 0 Å². The first-order valence-corrected chi connectivity index (χ1v) is 5.51. The van der Waals surface area contributed by atoms with Crippen molar-refractivity contribution in [3.8, 4) is 0 Å². The Labute approximate surface area is 77.8 Å². The number of rotatable bonds is 1. The van der Waals surface area contributed by atoms with Crippen LogP contribution >= 0.6 is 11.3 Å². The molecule has 1 aliphatic rings. The summed E-state index contributed by atoms with van der Waals surface area (Å²) in [7, 11) is 0. The van der Waals surface area contributed by atoms with Gasteiger partial charge < -0.3 is 5.32 Å². The van der Waals surface area contributed by atoms with Crippen molar-refractivity contribution in [1.29, 1.82) is 0 Å². The zero-order chi connectivity index (χ0) is 8.39. The summed E-state index contributed by atoms with van der Waals surface area (Å²) in [5, 5.41) is 5.74. The van der Waals surface area contributed by atoms with Crippen LogP contribution in [0.4, 0.5) is 0 Å². The monoisotopic (exact) mass is 181 g/mol. The average Bonchev–Trinajstić information content (AvgIpc) is 2.58. The van der Waals surface area contributed by atoms with Gasteiger partial charge in [0.15, 0.2) is 0 Å². The molecule has 66 valence electrons. The van der Waals surface area contributed by atoms with Gasteiger partial charge in [-0.1, -0.05) is 13.0 Å². The van der Waals surface area contributed by atoms with Gasteiger partial charge in [0.1, 0.15) is 0 Å². The van der Waals surface area contributed by atoms with Gasteiger partial charge in [0, 0.05) is 10.9 Å². The highest BCUT2D eigenvalue weighted by atomic mass is 32.1. The molecule has 0 spiro atoms. The van der Waals surface area contributed by atoms with Crippen LogP contribution in [0.5, 0.6) is 0 Å². The molecule has 1 aliphatic heterocycles. The highest BCUT2D eigenvalue weighted by molar-refractivity contribution is 7.10. The molecule has 1 saturated heterocycles. The fraction of sp³-hybridized carbons (Fsp3) is 0.600. The molecule has 2 rings (SSSR count). The largest absolute Gasteiger partial charge is 0.309 e. The van der Waals surface area contributed by atoms with Crippen LogP contribution in [0.25, 0.3) is 0 Å². The van der Waals surface area contributed by atoms with E-state index in [1.807, 2.05) is 11.3 Å². The second-order valence-corrected chi connectivity index (χ2v) is 4.64. The molecule has 0 radical (unpaired) electrons. The van der Waals surface area contributed by atoms with E-state index in [9.17, 15) is 0 Å². The smallest absolute Gasteiger partial charge is 0.0414 e. The molecule has 0 saturated carbocycles. The Bertz CT molecular complexity index is 222. The van der Waals surface area contributed by atoms with E-state index < -0.39 is 0 Å². The van der Waals surface area contributed by atoms with Gasteiger partial charge in [-0.3, -0.25) is 0 Å². The van der Waals surface area contributed by atoms with E-state index in [-0.39, 0.29) is 0 Å². The summed E-state index contributed by atoms with van der Waals surface area (Å²) in [6.45, 7) is 3.50. The summed E-state index contributed by atoms with van der Waals surface area (Å²) in [5.74, 6) is 0.862. The van der Waals surface area contributed by atoms with E-state index in [0.29, 0.717) is 6.04 Å². The lowest BCUT2D eigenvalue weighted by molar-refractivity contribution is 0.336. The molecule has 2 heteroatoms. The second kappa shape index (κ2) is 3.58. The van der Waals surface area contributed by atoms with Crippen molar-refractivity contribution in [3.63, 3.8) is 0 Å². The quantitative estimate of drug-likeness (QED) is 0.702. The van der Waals surface area contributed by atoms with Crippen LogP contribution in [-0.4, -0.2) is 6.54 Å². The summed E-state index contributed by atoms with van der Waals surface area (Å²) in [6, 6.07) is 5.01. The van der Waals surface area contributed by atoms with Gasteiger partial charge in [-0.05, 0) is 36.8 Å². The Kier molecular flexibility index (Phi) is 2.47. The third kappa shape index (κ3) is 1.70. The number of thiophene rings is 1. The van der Waals surface area contributed by atoms with Crippen molar-refractivity contribution in [1.82, 2.24) is 5.32 Å². The van der Waals surface area contributed by atoms with Crippen molar-refractivity contribution < 1.29 is 0 Å². The fourth-order valence-electron chi connectivity index (χ4n) is 1.73. The SMILES string of the molecule is CC1CCC(c2cccs2)NC1. The summed E-state index contributed by atoms with van der Waals surface area (Å²) >= 11 is 1.87. The van der Waals surface area contributed by atoms with Gasteiger partial charge >= 0.3 is 0 Å². The van der Waals surface area contributed by atoms with Crippen LogP contribution < -0.4 is 5.32 Å². The van der Waals surface area contributed by atoms with Crippen molar-refractivity contribution in [2.45, 2.75) is 25.8 Å². The molecule has 12 heavy (non-hydrogen) atoms.